The second-order valence-electron chi connectivity index (χ2n) is 11.3. The summed E-state index contributed by atoms with van der Waals surface area (Å²) in [5.41, 5.74) is 1.23. The Hall–Kier alpha value is -3.35. The molecule has 2 aliphatic heterocycles. The van der Waals surface area contributed by atoms with Crippen LogP contribution >= 0.6 is 0 Å². The molecule has 0 amide bonds. The van der Waals surface area contributed by atoms with Gasteiger partial charge in [0.05, 0.1) is 24.2 Å². The number of benzene rings is 2. The largest absolute Gasteiger partial charge is 0.416 e. The number of tetrazole rings is 1. The number of hydrogen-bond acceptors (Lipinski definition) is 6. The third kappa shape index (κ3) is 6.66. The summed E-state index contributed by atoms with van der Waals surface area (Å²) in [6, 6.07) is 5.45. The van der Waals surface area contributed by atoms with Gasteiger partial charge in [-0.3, -0.25) is 0 Å². The van der Waals surface area contributed by atoms with Gasteiger partial charge in [0.1, 0.15) is 0 Å². The zero-order valence-corrected chi connectivity index (χ0v) is 23.8. The summed E-state index contributed by atoms with van der Waals surface area (Å²) >= 11 is 0. The van der Waals surface area contributed by atoms with Crippen LogP contribution < -0.4 is 9.80 Å². The lowest BCUT2D eigenvalue weighted by Gasteiger charge is -2.35. The van der Waals surface area contributed by atoms with Gasteiger partial charge in [-0.1, -0.05) is 22.8 Å². The van der Waals surface area contributed by atoms with Crippen molar-refractivity contribution in [2.24, 2.45) is 13.0 Å². The second kappa shape index (κ2) is 11.7. The first-order chi connectivity index (χ1) is 19.8. The first kappa shape index (κ1) is 30.1. The van der Waals surface area contributed by atoms with E-state index in [-0.39, 0.29) is 24.1 Å². The quantitative estimate of drug-likeness (QED) is 0.298. The number of aromatic nitrogens is 4. The molecular weight excluding hydrogens is 562 g/mol. The fraction of sp³-hybridized carbons (Fsp3) is 0.552. The topological polar surface area (TPSA) is 59.3 Å². The summed E-state index contributed by atoms with van der Waals surface area (Å²) in [5, 5.41) is 12.4. The van der Waals surface area contributed by atoms with Crippen LogP contribution in [0.25, 0.3) is 0 Å². The summed E-state index contributed by atoms with van der Waals surface area (Å²) in [6.07, 6.45) is -6.60. The van der Waals surface area contributed by atoms with Gasteiger partial charge in [0, 0.05) is 38.5 Å². The molecule has 2 aliphatic rings. The first-order valence-corrected chi connectivity index (χ1v) is 14.0. The molecule has 228 valence electrons. The highest BCUT2D eigenvalue weighted by atomic mass is 19.4. The Bertz CT molecular complexity index is 1370. The Morgan fingerprint density at radius 1 is 0.929 bits per heavy atom. The number of alkyl halides is 6. The van der Waals surface area contributed by atoms with Crippen molar-refractivity contribution in [2.45, 2.75) is 64.5 Å². The van der Waals surface area contributed by atoms with Crippen LogP contribution in [-0.4, -0.2) is 46.5 Å². The lowest BCUT2D eigenvalue weighted by Crippen LogP contribution is -2.34. The maximum absolute atomic E-state index is 13.7. The fourth-order valence-corrected chi connectivity index (χ4v) is 6.19. The fourth-order valence-electron chi connectivity index (χ4n) is 6.19. The molecule has 3 aromatic rings. The van der Waals surface area contributed by atoms with Crippen LogP contribution in [0.5, 0.6) is 0 Å². The molecule has 0 bridgehead atoms. The molecule has 13 heteroatoms. The normalized spacial score (nSPS) is 18.6. The highest BCUT2D eigenvalue weighted by Gasteiger charge is 2.38. The van der Waals surface area contributed by atoms with Crippen molar-refractivity contribution >= 4 is 11.6 Å². The van der Waals surface area contributed by atoms with Crippen LogP contribution in [0, 0.1) is 19.8 Å². The van der Waals surface area contributed by atoms with Gasteiger partial charge in [-0.05, 0) is 85.6 Å². The lowest BCUT2D eigenvalue weighted by molar-refractivity contribution is -0.143. The Labute approximate surface area is 240 Å². The molecular formula is C29H34F6N6O. The van der Waals surface area contributed by atoms with Crippen molar-refractivity contribution in [3.8, 4) is 0 Å². The van der Waals surface area contributed by atoms with Crippen molar-refractivity contribution in [2.75, 3.05) is 36.1 Å². The van der Waals surface area contributed by atoms with E-state index >= 15 is 0 Å². The molecule has 42 heavy (non-hydrogen) atoms. The molecule has 5 rings (SSSR count). The zero-order valence-electron chi connectivity index (χ0n) is 23.8. The van der Waals surface area contributed by atoms with Gasteiger partial charge in [-0.25, -0.2) is 0 Å². The maximum Gasteiger partial charge on any atom is 0.416 e. The number of ether oxygens (including phenoxy) is 1. The first-order valence-electron chi connectivity index (χ1n) is 14.0. The molecule has 3 heterocycles. The predicted molar refractivity (Wildman–Crippen MR) is 145 cm³/mol. The molecule has 0 saturated carbocycles. The molecule has 1 aromatic heterocycles. The Morgan fingerprint density at radius 2 is 1.60 bits per heavy atom. The number of halogens is 6. The molecule has 1 fully saturated rings. The van der Waals surface area contributed by atoms with Gasteiger partial charge in [0.2, 0.25) is 0 Å². The molecule has 1 saturated heterocycles. The van der Waals surface area contributed by atoms with E-state index in [4.69, 9.17) is 4.74 Å². The van der Waals surface area contributed by atoms with Crippen molar-refractivity contribution in [3.05, 3.63) is 63.7 Å². The number of rotatable bonds is 6. The van der Waals surface area contributed by atoms with Gasteiger partial charge < -0.3 is 14.5 Å². The average Bonchev–Trinajstić information content (AvgIpc) is 3.26. The van der Waals surface area contributed by atoms with Crippen LogP contribution in [0.2, 0.25) is 0 Å². The Morgan fingerprint density at radius 3 is 2.19 bits per heavy atom. The summed E-state index contributed by atoms with van der Waals surface area (Å²) < 4.78 is 87.7. The highest BCUT2D eigenvalue weighted by molar-refractivity contribution is 5.64. The number of aryl methyl sites for hydroxylation is 3. The van der Waals surface area contributed by atoms with Crippen molar-refractivity contribution in [1.29, 1.82) is 0 Å². The van der Waals surface area contributed by atoms with E-state index in [1.54, 1.807) is 11.9 Å². The highest BCUT2D eigenvalue weighted by Crippen LogP contribution is 2.43. The van der Waals surface area contributed by atoms with E-state index in [0.29, 0.717) is 12.3 Å². The molecule has 7 nitrogen and oxygen atoms in total. The lowest BCUT2D eigenvalue weighted by atomic mass is 9.94. The van der Waals surface area contributed by atoms with Crippen LogP contribution in [0.3, 0.4) is 0 Å². The van der Waals surface area contributed by atoms with E-state index in [0.717, 1.165) is 80.1 Å². The maximum atomic E-state index is 13.7. The monoisotopic (exact) mass is 596 g/mol. The van der Waals surface area contributed by atoms with Crippen molar-refractivity contribution < 1.29 is 31.1 Å². The molecule has 0 N–H and O–H groups in total. The number of hydrogen-bond donors (Lipinski definition) is 0. The molecule has 1 atom stereocenters. The number of nitrogens with zero attached hydrogens (tertiary/aromatic N) is 6. The van der Waals surface area contributed by atoms with Gasteiger partial charge >= 0.3 is 12.4 Å². The average molecular weight is 597 g/mol. The second-order valence-corrected chi connectivity index (χ2v) is 11.3. The SMILES string of the molecule is Cc1cc(C)c2c(c1)C(N(Cc1cc(C(F)(F)F)cc(C(F)(F)F)c1)c1nnn(C)n1)CCCN2CC1CCOCC1. The van der Waals surface area contributed by atoms with Crippen molar-refractivity contribution in [3.63, 3.8) is 0 Å². The molecule has 1 unspecified atom stereocenters. The van der Waals surface area contributed by atoms with Crippen LogP contribution in [0.1, 0.15) is 65.1 Å². The minimum atomic E-state index is -4.94. The van der Waals surface area contributed by atoms with E-state index in [2.05, 4.69) is 32.4 Å². The van der Waals surface area contributed by atoms with E-state index < -0.39 is 29.5 Å². The van der Waals surface area contributed by atoms with Gasteiger partial charge in [0.15, 0.2) is 0 Å². The van der Waals surface area contributed by atoms with Crippen LogP contribution in [0.4, 0.5) is 38.0 Å². The third-order valence-electron chi connectivity index (χ3n) is 8.01. The summed E-state index contributed by atoms with van der Waals surface area (Å²) in [6.45, 7) is 6.82. The summed E-state index contributed by atoms with van der Waals surface area (Å²) in [5.74, 6) is 0.601. The minimum Gasteiger partial charge on any atom is -0.381 e. The molecule has 0 spiro atoms. The predicted octanol–water partition coefficient (Wildman–Crippen LogP) is 6.64. The van der Waals surface area contributed by atoms with Crippen molar-refractivity contribution in [1.82, 2.24) is 20.2 Å². The van der Waals surface area contributed by atoms with E-state index in [1.807, 2.05) is 13.8 Å². The smallest absolute Gasteiger partial charge is 0.381 e. The minimum absolute atomic E-state index is 0.136. The van der Waals surface area contributed by atoms with E-state index in [9.17, 15) is 26.3 Å². The summed E-state index contributed by atoms with van der Waals surface area (Å²) in [7, 11) is 1.56. The molecule has 2 aromatic carbocycles. The third-order valence-corrected chi connectivity index (χ3v) is 8.01. The standard InChI is InChI=1S/C29H34F6N6O/c1-18-11-19(2)26-24(12-18)25(5-4-8-40(26)16-20-6-9-42-10-7-20)41(27-36-38-39(3)37-27)17-21-13-22(28(30,31)32)15-23(14-21)29(33,34)35/h11-15,20,25H,4-10,16-17H2,1-3H3. The summed E-state index contributed by atoms with van der Waals surface area (Å²) in [4.78, 5) is 5.30. The van der Waals surface area contributed by atoms with Crippen LogP contribution in [0.15, 0.2) is 30.3 Å². The number of anilines is 2. The van der Waals surface area contributed by atoms with Gasteiger partial charge in [0.25, 0.3) is 5.95 Å². The Kier molecular flexibility index (Phi) is 8.41. The zero-order chi connectivity index (χ0) is 30.2. The molecule has 0 aliphatic carbocycles. The molecule has 0 radical (unpaired) electrons. The van der Waals surface area contributed by atoms with Crippen LogP contribution in [-0.2, 0) is 30.7 Å². The number of fused-ring (bicyclic) bond motifs is 1. The Balaban J connectivity index is 1.60. The van der Waals surface area contributed by atoms with Gasteiger partial charge in [-0.15, -0.1) is 5.10 Å². The van der Waals surface area contributed by atoms with Gasteiger partial charge in [-0.2, -0.15) is 31.1 Å². The van der Waals surface area contributed by atoms with E-state index in [1.165, 1.54) is 4.80 Å².